The second-order valence-corrected chi connectivity index (χ2v) is 5.97. The maximum Gasteiger partial charge on any atom is 0.247 e. The molecule has 9 heteroatoms. The molecule has 1 fully saturated rings. The first-order valence-corrected chi connectivity index (χ1v) is 7.90. The fourth-order valence-corrected chi connectivity index (χ4v) is 2.91. The van der Waals surface area contributed by atoms with E-state index >= 15 is 0 Å². The lowest BCUT2D eigenvalue weighted by Gasteiger charge is -2.34. The van der Waals surface area contributed by atoms with Gasteiger partial charge in [-0.05, 0) is 6.07 Å². The molecule has 0 amide bonds. The van der Waals surface area contributed by atoms with Crippen molar-refractivity contribution < 1.29 is 5.11 Å². The van der Waals surface area contributed by atoms with Crippen LogP contribution in [-0.2, 0) is 0 Å². The summed E-state index contributed by atoms with van der Waals surface area (Å²) < 4.78 is 0. The van der Waals surface area contributed by atoms with Gasteiger partial charge in [0, 0.05) is 25.2 Å². The van der Waals surface area contributed by atoms with E-state index < -0.39 is 0 Å². The van der Waals surface area contributed by atoms with Gasteiger partial charge in [0.15, 0.2) is 5.82 Å². The number of aromatic nitrogens is 3. The second kappa shape index (κ2) is 6.84. The van der Waals surface area contributed by atoms with Crippen LogP contribution >= 0.6 is 23.2 Å². The van der Waals surface area contributed by atoms with Crippen molar-refractivity contribution >= 4 is 35.0 Å². The first kappa shape index (κ1) is 16.2. The number of nitrogens with zero attached hydrogens (tertiary/aromatic N) is 4. The molecule has 2 aromatic rings. The van der Waals surface area contributed by atoms with Crippen LogP contribution in [0.15, 0.2) is 18.2 Å². The molecule has 0 spiro atoms. The number of hydrogen-bond acceptors (Lipinski definition) is 7. The van der Waals surface area contributed by atoms with Gasteiger partial charge in [0.05, 0.1) is 22.7 Å². The molecule has 23 heavy (non-hydrogen) atoms. The summed E-state index contributed by atoms with van der Waals surface area (Å²) >= 11 is 12.2. The van der Waals surface area contributed by atoms with Gasteiger partial charge in [-0.3, -0.25) is 0 Å². The van der Waals surface area contributed by atoms with Crippen LogP contribution in [0.2, 0.25) is 10.0 Å². The third-order valence-electron chi connectivity index (χ3n) is 3.73. The number of nitrogens with one attached hydrogen (secondary N) is 1. The van der Waals surface area contributed by atoms with Gasteiger partial charge < -0.3 is 21.1 Å². The SMILES string of the molecule is Nc1nc(N2CCNCC2CO)nnc1-c1cccc(Cl)c1Cl. The third-order valence-corrected chi connectivity index (χ3v) is 4.55. The number of aliphatic hydroxyl groups is 1. The standard InChI is InChI=1S/C14H16Cl2N6O/c15-10-3-1-2-9(11(10)16)12-13(17)19-14(21-20-12)22-5-4-18-6-8(22)7-23/h1-3,8,18,23H,4-7H2,(H2,17,19,21). The van der Waals surface area contributed by atoms with Crippen molar-refractivity contribution in [3.05, 3.63) is 28.2 Å². The van der Waals surface area contributed by atoms with Crippen molar-refractivity contribution in [1.29, 1.82) is 0 Å². The van der Waals surface area contributed by atoms with Crippen LogP contribution in [-0.4, -0.2) is 52.6 Å². The fraction of sp³-hybridized carbons (Fsp3) is 0.357. The molecule has 1 saturated heterocycles. The van der Waals surface area contributed by atoms with Crippen LogP contribution in [0.4, 0.5) is 11.8 Å². The number of nitrogen functional groups attached to an aromatic ring is 1. The van der Waals surface area contributed by atoms with Gasteiger partial charge in [0.1, 0.15) is 5.69 Å². The van der Waals surface area contributed by atoms with Crippen molar-refractivity contribution in [2.75, 3.05) is 36.9 Å². The summed E-state index contributed by atoms with van der Waals surface area (Å²) in [7, 11) is 0. The Hall–Kier alpha value is -1.67. The Morgan fingerprint density at radius 3 is 2.91 bits per heavy atom. The van der Waals surface area contributed by atoms with Gasteiger partial charge in [-0.2, -0.15) is 4.98 Å². The van der Waals surface area contributed by atoms with E-state index in [4.69, 9.17) is 28.9 Å². The summed E-state index contributed by atoms with van der Waals surface area (Å²) in [6.07, 6.45) is 0. The van der Waals surface area contributed by atoms with Crippen molar-refractivity contribution in [1.82, 2.24) is 20.5 Å². The van der Waals surface area contributed by atoms with Gasteiger partial charge in [-0.1, -0.05) is 35.3 Å². The number of piperazine rings is 1. The number of aliphatic hydroxyl groups excluding tert-OH is 1. The maximum absolute atomic E-state index is 9.47. The zero-order chi connectivity index (χ0) is 16.4. The first-order chi connectivity index (χ1) is 11.1. The van der Waals surface area contributed by atoms with Crippen molar-refractivity contribution in [2.24, 2.45) is 0 Å². The molecule has 4 N–H and O–H groups in total. The Bertz CT molecular complexity index is 714. The Morgan fingerprint density at radius 2 is 2.17 bits per heavy atom. The number of hydrogen-bond donors (Lipinski definition) is 3. The van der Waals surface area contributed by atoms with Gasteiger partial charge in [-0.15, -0.1) is 10.2 Å². The number of nitrogens with two attached hydrogens (primary N) is 1. The van der Waals surface area contributed by atoms with E-state index in [1.54, 1.807) is 18.2 Å². The number of halogens is 2. The molecule has 1 aliphatic rings. The van der Waals surface area contributed by atoms with Crippen LogP contribution in [0.3, 0.4) is 0 Å². The Balaban J connectivity index is 1.96. The van der Waals surface area contributed by atoms with Crippen molar-refractivity contribution in [2.45, 2.75) is 6.04 Å². The van der Waals surface area contributed by atoms with Crippen molar-refractivity contribution in [3.63, 3.8) is 0 Å². The molecule has 122 valence electrons. The monoisotopic (exact) mass is 354 g/mol. The highest BCUT2D eigenvalue weighted by atomic mass is 35.5. The summed E-state index contributed by atoms with van der Waals surface area (Å²) in [6.45, 7) is 2.10. The molecule has 1 unspecified atom stereocenters. The highest BCUT2D eigenvalue weighted by molar-refractivity contribution is 6.43. The van der Waals surface area contributed by atoms with E-state index in [0.717, 1.165) is 6.54 Å². The molecule has 1 atom stereocenters. The zero-order valence-electron chi connectivity index (χ0n) is 12.2. The highest BCUT2D eigenvalue weighted by Crippen LogP contribution is 2.34. The van der Waals surface area contributed by atoms with Gasteiger partial charge in [0.2, 0.25) is 5.95 Å². The van der Waals surface area contributed by atoms with E-state index in [1.807, 2.05) is 4.90 Å². The minimum atomic E-state index is -0.106. The molecule has 0 saturated carbocycles. The van der Waals surface area contributed by atoms with E-state index in [2.05, 4.69) is 20.5 Å². The maximum atomic E-state index is 9.47. The molecule has 0 bridgehead atoms. The number of rotatable bonds is 3. The molecule has 3 rings (SSSR count). The molecule has 1 aromatic heterocycles. The topological polar surface area (TPSA) is 100 Å². The fourth-order valence-electron chi connectivity index (χ4n) is 2.52. The van der Waals surface area contributed by atoms with E-state index in [0.29, 0.717) is 40.3 Å². The van der Waals surface area contributed by atoms with Crippen LogP contribution in [0.5, 0.6) is 0 Å². The summed E-state index contributed by atoms with van der Waals surface area (Å²) in [5.41, 5.74) is 7.02. The molecule has 0 aliphatic carbocycles. The molecular weight excluding hydrogens is 339 g/mol. The summed E-state index contributed by atoms with van der Waals surface area (Å²) in [5.74, 6) is 0.610. The predicted molar refractivity (Wildman–Crippen MR) is 90.8 cm³/mol. The lowest BCUT2D eigenvalue weighted by atomic mass is 10.1. The lowest BCUT2D eigenvalue weighted by molar-refractivity contribution is 0.245. The minimum absolute atomic E-state index is 0.00185. The molecule has 1 aromatic carbocycles. The Morgan fingerprint density at radius 1 is 1.35 bits per heavy atom. The number of benzene rings is 1. The normalized spacial score (nSPS) is 18.2. The van der Waals surface area contributed by atoms with Gasteiger partial charge >= 0.3 is 0 Å². The summed E-state index contributed by atoms with van der Waals surface area (Å²) in [6, 6.07) is 5.10. The van der Waals surface area contributed by atoms with Gasteiger partial charge in [0.25, 0.3) is 0 Å². The second-order valence-electron chi connectivity index (χ2n) is 5.18. The summed E-state index contributed by atoms with van der Waals surface area (Å²) in [4.78, 5) is 6.22. The Labute approximate surface area is 143 Å². The lowest BCUT2D eigenvalue weighted by Crippen LogP contribution is -2.53. The zero-order valence-corrected chi connectivity index (χ0v) is 13.7. The van der Waals surface area contributed by atoms with Crippen LogP contribution in [0.25, 0.3) is 11.3 Å². The minimum Gasteiger partial charge on any atom is -0.394 e. The van der Waals surface area contributed by atoms with Crippen LogP contribution in [0, 0.1) is 0 Å². The molecule has 7 nitrogen and oxygen atoms in total. The molecule has 1 aliphatic heterocycles. The van der Waals surface area contributed by atoms with Crippen LogP contribution in [0.1, 0.15) is 0 Å². The highest BCUT2D eigenvalue weighted by Gasteiger charge is 2.25. The molecule has 2 heterocycles. The Kier molecular flexibility index (Phi) is 4.82. The predicted octanol–water partition coefficient (Wildman–Crippen LogP) is 1.20. The largest absolute Gasteiger partial charge is 0.394 e. The average Bonchev–Trinajstić information content (AvgIpc) is 2.57. The van der Waals surface area contributed by atoms with Crippen LogP contribution < -0.4 is 16.0 Å². The van der Waals surface area contributed by atoms with Gasteiger partial charge in [-0.25, -0.2) is 0 Å². The van der Waals surface area contributed by atoms with E-state index in [-0.39, 0.29) is 18.5 Å². The quantitative estimate of drug-likeness (QED) is 0.761. The smallest absolute Gasteiger partial charge is 0.247 e. The average molecular weight is 355 g/mol. The number of anilines is 2. The molecular formula is C14H16Cl2N6O. The summed E-state index contributed by atoms with van der Waals surface area (Å²) in [5, 5.41) is 21.8. The third kappa shape index (κ3) is 3.18. The van der Waals surface area contributed by atoms with E-state index in [1.165, 1.54) is 0 Å². The molecule has 0 radical (unpaired) electrons. The van der Waals surface area contributed by atoms with Crippen molar-refractivity contribution in [3.8, 4) is 11.3 Å². The first-order valence-electron chi connectivity index (χ1n) is 7.14. The van der Waals surface area contributed by atoms with E-state index in [9.17, 15) is 5.11 Å².